The Labute approximate surface area is 110 Å². The maximum atomic E-state index is 10.5. The van der Waals surface area contributed by atoms with E-state index in [-0.39, 0.29) is 11.5 Å². The maximum Gasteiger partial charge on any atom is 0.322 e. The molecule has 0 aliphatic heterocycles. The van der Waals surface area contributed by atoms with E-state index in [9.17, 15) is 9.59 Å². The molecule has 2 atom stereocenters. The molecule has 0 aromatic rings. The summed E-state index contributed by atoms with van der Waals surface area (Å²) in [5.41, 5.74) is 0. The molecule has 0 spiro atoms. The molecule has 0 aliphatic carbocycles. The van der Waals surface area contributed by atoms with Gasteiger partial charge in [0.25, 0.3) is 0 Å². The first-order valence-electron chi connectivity index (χ1n) is 3.95. The van der Waals surface area contributed by atoms with Gasteiger partial charge in [0, 0.05) is 11.5 Å². The number of aliphatic carboxylic acids is 2. The number of hydrogen-bond acceptors (Lipinski definition) is 6. The highest BCUT2D eigenvalue weighted by Gasteiger charge is 2.18. The third-order valence-corrected chi connectivity index (χ3v) is 4.36. The molecule has 0 aromatic carbocycles. The fourth-order valence-corrected chi connectivity index (χ4v) is 3.37. The Bertz CT molecular complexity index is 223. The fourth-order valence-electron chi connectivity index (χ4n) is 0.531. The second-order valence-electron chi connectivity index (χ2n) is 2.57. The molecule has 10 heteroatoms. The molecule has 4 N–H and O–H groups in total. The molecule has 6 nitrogen and oxygen atoms in total. The maximum absolute atomic E-state index is 10.5. The Morgan fingerprint density at radius 2 is 1.31 bits per heavy atom. The van der Waals surface area contributed by atoms with E-state index < -0.39 is 24.0 Å². The van der Waals surface area contributed by atoms with Crippen molar-refractivity contribution in [1.82, 2.24) is 9.67 Å². The summed E-state index contributed by atoms with van der Waals surface area (Å²) in [5, 5.41) is 17.2. The minimum absolute atomic E-state index is 0.220. The van der Waals surface area contributed by atoms with E-state index in [1.807, 2.05) is 0 Å². The highest BCUT2D eigenvalue weighted by atomic mass is 35.5. The topological polar surface area (TPSA) is 98.7 Å². The third-order valence-electron chi connectivity index (χ3n) is 1.41. The van der Waals surface area contributed by atoms with Crippen LogP contribution < -0.4 is 9.67 Å². The number of halogens is 2. The minimum Gasteiger partial charge on any atom is -0.480 e. The fraction of sp³-hybridized carbons (Fsp3) is 0.667. The van der Waals surface area contributed by atoms with E-state index in [0.717, 1.165) is 0 Å². The molecule has 0 rings (SSSR count). The van der Waals surface area contributed by atoms with Crippen LogP contribution in [0.1, 0.15) is 0 Å². The number of carboxylic acid groups (broad SMARTS) is 2. The summed E-state index contributed by atoms with van der Waals surface area (Å²) >= 11 is 10.4. The van der Waals surface area contributed by atoms with Crippen molar-refractivity contribution >= 4 is 57.1 Å². The summed E-state index contributed by atoms with van der Waals surface area (Å²) in [4.78, 5) is 25.3. The normalized spacial score (nSPS) is 14.4. The van der Waals surface area contributed by atoms with Crippen LogP contribution in [0.3, 0.4) is 0 Å². The molecule has 0 aromatic heterocycles. The molecular weight excluding hydrogens is 299 g/mol. The van der Waals surface area contributed by atoms with Gasteiger partial charge in [-0.1, -0.05) is 21.6 Å². The monoisotopic (exact) mass is 308 g/mol. The van der Waals surface area contributed by atoms with Gasteiger partial charge >= 0.3 is 11.9 Å². The van der Waals surface area contributed by atoms with Gasteiger partial charge in [-0.2, -0.15) is 0 Å². The van der Waals surface area contributed by atoms with Crippen LogP contribution >= 0.6 is 45.1 Å². The van der Waals surface area contributed by atoms with Crippen LogP contribution in [0.5, 0.6) is 0 Å². The summed E-state index contributed by atoms with van der Waals surface area (Å²) in [6.45, 7) is 0. The minimum atomic E-state index is -1.06. The summed E-state index contributed by atoms with van der Waals surface area (Å²) in [7, 11) is 2.40. The van der Waals surface area contributed by atoms with Gasteiger partial charge in [0.2, 0.25) is 0 Å². The Kier molecular flexibility index (Phi) is 9.28. The van der Waals surface area contributed by atoms with Crippen molar-refractivity contribution in [2.45, 2.75) is 12.1 Å². The van der Waals surface area contributed by atoms with Crippen LogP contribution in [-0.4, -0.2) is 45.7 Å². The molecule has 0 radical (unpaired) electrons. The van der Waals surface area contributed by atoms with Gasteiger partial charge in [0.15, 0.2) is 0 Å². The van der Waals surface area contributed by atoms with Crippen LogP contribution in [-0.2, 0) is 9.59 Å². The van der Waals surface area contributed by atoms with Gasteiger partial charge in [-0.15, -0.1) is 0 Å². The standard InChI is InChI=1S/C6H10Cl2N2O4S2/c7-9-3(5(11)12)1-15-16-2-4(10-8)6(13)14/h3-4,9-10H,1-2H2,(H,11,12)(H,13,14). The molecule has 0 saturated heterocycles. The molecule has 94 valence electrons. The van der Waals surface area contributed by atoms with Crippen molar-refractivity contribution in [2.75, 3.05) is 11.5 Å². The highest BCUT2D eigenvalue weighted by molar-refractivity contribution is 8.76. The second kappa shape index (κ2) is 9.20. The SMILES string of the molecule is O=C(O)C(CSSCC(NCl)C(=O)O)NCl. The molecule has 0 amide bonds. The van der Waals surface area contributed by atoms with Crippen molar-refractivity contribution in [3.63, 3.8) is 0 Å². The first-order chi connectivity index (χ1) is 7.52. The number of nitrogens with one attached hydrogen (secondary N) is 2. The van der Waals surface area contributed by atoms with E-state index in [0.29, 0.717) is 0 Å². The van der Waals surface area contributed by atoms with Crippen molar-refractivity contribution in [2.24, 2.45) is 0 Å². The van der Waals surface area contributed by atoms with Gasteiger partial charge in [-0.25, -0.2) is 9.67 Å². The van der Waals surface area contributed by atoms with Gasteiger partial charge < -0.3 is 10.2 Å². The number of rotatable bonds is 9. The second-order valence-corrected chi connectivity index (χ2v) is 5.56. The zero-order valence-corrected chi connectivity index (χ0v) is 11.0. The Balaban J connectivity index is 3.73. The van der Waals surface area contributed by atoms with Crippen LogP contribution in [0.15, 0.2) is 0 Å². The quantitative estimate of drug-likeness (QED) is 0.281. The Hall–Kier alpha value is 0.140. The molecule has 0 fully saturated rings. The van der Waals surface area contributed by atoms with E-state index in [4.69, 9.17) is 33.8 Å². The molecular formula is C6H10Cl2N2O4S2. The first kappa shape index (κ1) is 16.1. The summed E-state index contributed by atoms with van der Waals surface area (Å²) in [6.07, 6.45) is 0. The molecule has 2 unspecified atom stereocenters. The lowest BCUT2D eigenvalue weighted by atomic mass is 10.4. The summed E-state index contributed by atoms with van der Waals surface area (Å²) in [5.74, 6) is -1.68. The number of carboxylic acids is 2. The first-order valence-corrected chi connectivity index (χ1v) is 7.19. The summed E-state index contributed by atoms with van der Waals surface area (Å²) in [6, 6.07) is -1.74. The molecule has 0 heterocycles. The largest absolute Gasteiger partial charge is 0.480 e. The highest BCUT2D eigenvalue weighted by Crippen LogP contribution is 2.23. The predicted octanol–water partition coefficient (Wildman–Crippen LogP) is 0.761. The van der Waals surface area contributed by atoms with E-state index in [1.54, 1.807) is 0 Å². The van der Waals surface area contributed by atoms with Gasteiger partial charge in [0.05, 0.1) is 0 Å². The van der Waals surface area contributed by atoms with E-state index in [1.165, 1.54) is 21.6 Å². The molecule has 0 aliphatic rings. The lowest BCUT2D eigenvalue weighted by Crippen LogP contribution is -2.34. The lowest BCUT2D eigenvalue weighted by molar-refractivity contribution is -0.139. The lowest BCUT2D eigenvalue weighted by Gasteiger charge is -2.10. The Morgan fingerprint density at radius 1 is 1.00 bits per heavy atom. The zero-order valence-electron chi connectivity index (χ0n) is 7.85. The molecule has 0 bridgehead atoms. The number of carbonyl (C=O) groups is 2. The van der Waals surface area contributed by atoms with Gasteiger partial charge in [0.1, 0.15) is 12.1 Å². The van der Waals surface area contributed by atoms with Crippen LogP contribution in [0.2, 0.25) is 0 Å². The van der Waals surface area contributed by atoms with Crippen molar-refractivity contribution in [3.05, 3.63) is 0 Å². The van der Waals surface area contributed by atoms with Crippen LogP contribution in [0.4, 0.5) is 0 Å². The zero-order chi connectivity index (χ0) is 12.6. The van der Waals surface area contributed by atoms with Crippen molar-refractivity contribution in [1.29, 1.82) is 0 Å². The average Bonchev–Trinajstić information content (AvgIpc) is 2.22. The average molecular weight is 309 g/mol. The smallest absolute Gasteiger partial charge is 0.322 e. The van der Waals surface area contributed by atoms with Crippen molar-refractivity contribution in [3.8, 4) is 0 Å². The molecule has 16 heavy (non-hydrogen) atoms. The van der Waals surface area contributed by atoms with Crippen LogP contribution in [0.25, 0.3) is 0 Å². The Morgan fingerprint density at radius 3 is 1.50 bits per heavy atom. The van der Waals surface area contributed by atoms with Crippen molar-refractivity contribution < 1.29 is 19.8 Å². The number of hydrogen-bond donors (Lipinski definition) is 4. The predicted molar refractivity (Wildman–Crippen MR) is 65.7 cm³/mol. The third kappa shape index (κ3) is 6.66. The van der Waals surface area contributed by atoms with E-state index in [2.05, 4.69) is 9.67 Å². The van der Waals surface area contributed by atoms with Gasteiger partial charge in [-0.3, -0.25) is 9.59 Å². The van der Waals surface area contributed by atoms with E-state index >= 15 is 0 Å². The molecule has 0 saturated carbocycles. The van der Waals surface area contributed by atoms with Gasteiger partial charge in [-0.05, 0) is 23.6 Å². The van der Waals surface area contributed by atoms with Crippen LogP contribution in [0, 0.1) is 0 Å². The summed E-state index contributed by atoms with van der Waals surface area (Å²) < 4.78 is 0.